The molecule has 0 radical (unpaired) electrons. The van der Waals surface area contributed by atoms with Crippen LogP contribution in [0.1, 0.15) is 52.9 Å². The maximum absolute atomic E-state index is 13.9. The van der Waals surface area contributed by atoms with Gasteiger partial charge in [-0.1, -0.05) is 38.5 Å². The molecule has 33 heavy (non-hydrogen) atoms. The van der Waals surface area contributed by atoms with Gasteiger partial charge in [0.05, 0.1) is 29.2 Å². The molecule has 3 fully saturated rings. The van der Waals surface area contributed by atoms with Crippen LogP contribution in [0.15, 0.2) is 30.3 Å². The number of thioether (sulfide) groups is 1. The number of rotatable bonds is 9. The SMILES string of the molecule is CCCCNC(=O)C1N([C@@H](CC)CO)C(=O)[C@@H]2[C@H](C(=O)Nc3ccccc3)[C@]3(C)CCC12S3. The topological polar surface area (TPSA) is 98.7 Å². The first-order chi connectivity index (χ1) is 15.8. The summed E-state index contributed by atoms with van der Waals surface area (Å²) >= 11 is 1.65. The molecule has 0 saturated carbocycles. The maximum Gasteiger partial charge on any atom is 0.244 e. The summed E-state index contributed by atoms with van der Waals surface area (Å²) in [5.74, 6) is -1.61. The lowest BCUT2D eigenvalue weighted by atomic mass is 9.66. The van der Waals surface area contributed by atoms with E-state index in [-0.39, 0.29) is 24.3 Å². The highest BCUT2D eigenvalue weighted by Gasteiger charge is 2.77. The number of nitrogens with one attached hydrogen (secondary N) is 2. The minimum atomic E-state index is -0.676. The molecule has 0 aromatic heterocycles. The average Bonchev–Trinajstić information content (AvgIpc) is 3.37. The van der Waals surface area contributed by atoms with Gasteiger partial charge < -0.3 is 20.6 Å². The van der Waals surface area contributed by atoms with E-state index in [4.69, 9.17) is 0 Å². The minimum absolute atomic E-state index is 0.160. The number of amides is 3. The van der Waals surface area contributed by atoms with Gasteiger partial charge in [-0.05, 0) is 44.7 Å². The molecule has 3 amide bonds. The molecule has 3 aliphatic rings. The summed E-state index contributed by atoms with van der Waals surface area (Å²) < 4.78 is -1.06. The van der Waals surface area contributed by atoms with Crippen LogP contribution in [-0.4, -0.2) is 62.5 Å². The number of carbonyl (C=O) groups excluding carboxylic acids is 3. The van der Waals surface area contributed by atoms with Gasteiger partial charge >= 0.3 is 0 Å². The fourth-order valence-corrected chi connectivity index (χ4v) is 8.44. The van der Waals surface area contributed by atoms with Crippen molar-refractivity contribution in [2.45, 2.75) is 74.5 Å². The van der Waals surface area contributed by atoms with Crippen molar-refractivity contribution in [1.29, 1.82) is 0 Å². The highest BCUT2D eigenvalue weighted by atomic mass is 32.2. The van der Waals surface area contributed by atoms with Crippen molar-refractivity contribution < 1.29 is 19.5 Å². The third-order valence-electron chi connectivity index (χ3n) is 7.69. The van der Waals surface area contributed by atoms with Crippen molar-refractivity contribution in [3.05, 3.63) is 30.3 Å². The van der Waals surface area contributed by atoms with Gasteiger partial charge in [-0.2, -0.15) is 0 Å². The number of unbranched alkanes of at least 4 members (excludes halogenated alkanes) is 1. The molecule has 1 spiro atoms. The first-order valence-electron chi connectivity index (χ1n) is 12.1. The van der Waals surface area contributed by atoms with E-state index in [2.05, 4.69) is 24.5 Å². The van der Waals surface area contributed by atoms with Crippen molar-refractivity contribution in [3.63, 3.8) is 0 Å². The van der Waals surface area contributed by atoms with Crippen molar-refractivity contribution in [2.24, 2.45) is 11.8 Å². The Morgan fingerprint density at radius 2 is 1.94 bits per heavy atom. The number of benzene rings is 1. The van der Waals surface area contributed by atoms with Crippen LogP contribution in [0.3, 0.4) is 0 Å². The summed E-state index contributed by atoms with van der Waals surface area (Å²) in [6.45, 7) is 6.40. The van der Waals surface area contributed by atoms with Crippen LogP contribution < -0.4 is 10.6 Å². The molecule has 3 aliphatic heterocycles. The minimum Gasteiger partial charge on any atom is -0.394 e. The van der Waals surface area contributed by atoms with Crippen molar-refractivity contribution in [1.82, 2.24) is 10.2 Å². The molecule has 4 rings (SSSR count). The average molecular weight is 474 g/mol. The number of aliphatic hydroxyl groups excluding tert-OH is 1. The fourth-order valence-electron chi connectivity index (χ4n) is 6.10. The zero-order chi connectivity index (χ0) is 23.8. The molecule has 0 aliphatic carbocycles. The van der Waals surface area contributed by atoms with Gasteiger partial charge in [0.25, 0.3) is 0 Å². The second kappa shape index (κ2) is 9.29. The molecule has 1 aromatic rings. The Morgan fingerprint density at radius 3 is 2.58 bits per heavy atom. The zero-order valence-corrected chi connectivity index (χ0v) is 20.5. The third kappa shape index (κ3) is 3.85. The number of fused-ring (bicyclic) bond motifs is 1. The zero-order valence-electron chi connectivity index (χ0n) is 19.7. The van der Waals surface area contributed by atoms with Crippen LogP contribution in [0.25, 0.3) is 0 Å². The molecule has 3 N–H and O–H groups in total. The normalized spacial score (nSPS) is 33.2. The molecule has 7 nitrogen and oxygen atoms in total. The lowest BCUT2D eigenvalue weighted by molar-refractivity contribution is -0.142. The van der Waals surface area contributed by atoms with E-state index in [1.54, 1.807) is 16.7 Å². The molecular formula is C25H35N3O4S. The van der Waals surface area contributed by atoms with Gasteiger partial charge in [-0.3, -0.25) is 14.4 Å². The summed E-state index contributed by atoms with van der Waals surface area (Å²) in [5.41, 5.74) is 0.700. The van der Waals surface area contributed by atoms with E-state index >= 15 is 0 Å². The van der Waals surface area contributed by atoms with Crippen LogP contribution in [0.5, 0.6) is 0 Å². The molecule has 6 atom stereocenters. The highest BCUT2D eigenvalue weighted by molar-refractivity contribution is 8.02. The second-order valence-corrected chi connectivity index (χ2v) is 11.6. The number of likely N-dealkylation sites (tertiary alicyclic amines) is 1. The smallest absolute Gasteiger partial charge is 0.244 e. The molecule has 2 bridgehead atoms. The first kappa shape index (κ1) is 24.1. The number of nitrogens with zero attached hydrogens (tertiary/aromatic N) is 1. The predicted molar refractivity (Wildman–Crippen MR) is 130 cm³/mol. The highest BCUT2D eigenvalue weighted by Crippen LogP contribution is 2.71. The predicted octanol–water partition coefficient (Wildman–Crippen LogP) is 2.79. The van der Waals surface area contributed by atoms with Gasteiger partial charge in [0, 0.05) is 17.0 Å². The molecule has 2 unspecified atom stereocenters. The Hall–Kier alpha value is -2.06. The third-order valence-corrected chi connectivity index (χ3v) is 9.68. The van der Waals surface area contributed by atoms with Gasteiger partial charge in [0.15, 0.2) is 0 Å². The number of hydrogen-bond acceptors (Lipinski definition) is 5. The second-order valence-electron chi connectivity index (χ2n) is 9.72. The summed E-state index contributed by atoms with van der Waals surface area (Å²) in [4.78, 5) is 42.6. The fraction of sp³-hybridized carbons (Fsp3) is 0.640. The molecule has 180 valence electrons. The Morgan fingerprint density at radius 1 is 1.21 bits per heavy atom. The number of hydrogen-bond donors (Lipinski definition) is 3. The van der Waals surface area contributed by atoms with E-state index in [1.807, 2.05) is 37.3 Å². The summed E-state index contributed by atoms with van der Waals surface area (Å²) in [5, 5.41) is 16.1. The van der Waals surface area contributed by atoms with E-state index in [0.29, 0.717) is 25.1 Å². The monoisotopic (exact) mass is 473 g/mol. The molecule has 8 heteroatoms. The molecule has 1 aromatic carbocycles. The Balaban J connectivity index is 1.71. The van der Waals surface area contributed by atoms with E-state index < -0.39 is 33.4 Å². The molecule has 3 saturated heterocycles. The van der Waals surface area contributed by atoms with Crippen LogP contribution in [0.4, 0.5) is 5.69 Å². The Bertz CT molecular complexity index is 908. The lowest BCUT2D eigenvalue weighted by Crippen LogP contribution is -2.56. The Labute approximate surface area is 200 Å². The van der Waals surface area contributed by atoms with Crippen molar-refractivity contribution >= 4 is 35.2 Å². The molecule has 3 heterocycles. The number of carbonyl (C=O) groups is 3. The van der Waals surface area contributed by atoms with Crippen molar-refractivity contribution in [3.8, 4) is 0 Å². The van der Waals surface area contributed by atoms with Gasteiger partial charge in [0.1, 0.15) is 6.04 Å². The van der Waals surface area contributed by atoms with E-state index in [9.17, 15) is 19.5 Å². The number of para-hydroxylation sites is 1. The lowest BCUT2D eigenvalue weighted by Gasteiger charge is -2.36. The quantitative estimate of drug-likeness (QED) is 0.479. The number of anilines is 1. The van der Waals surface area contributed by atoms with Crippen LogP contribution in [0, 0.1) is 11.8 Å². The van der Waals surface area contributed by atoms with Gasteiger partial charge in [-0.25, -0.2) is 0 Å². The summed E-state index contributed by atoms with van der Waals surface area (Å²) in [6, 6.07) is 8.17. The molecular weight excluding hydrogens is 438 g/mol. The number of aliphatic hydroxyl groups is 1. The first-order valence-corrected chi connectivity index (χ1v) is 12.9. The largest absolute Gasteiger partial charge is 0.394 e. The van der Waals surface area contributed by atoms with Gasteiger partial charge in [0.2, 0.25) is 17.7 Å². The summed E-state index contributed by atoms with van der Waals surface area (Å²) in [7, 11) is 0. The van der Waals surface area contributed by atoms with Crippen LogP contribution >= 0.6 is 11.8 Å². The van der Waals surface area contributed by atoms with E-state index in [1.165, 1.54) is 0 Å². The van der Waals surface area contributed by atoms with E-state index in [0.717, 1.165) is 19.3 Å². The maximum atomic E-state index is 13.9. The van der Waals surface area contributed by atoms with Crippen LogP contribution in [0.2, 0.25) is 0 Å². The van der Waals surface area contributed by atoms with Gasteiger partial charge in [-0.15, -0.1) is 11.8 Å². The van der Waals surface area contributed by atoms with Crippen LogP contribution in [-0.2, 0) is 14.4 Å². The standard InChI is InChI=1S/C25H35N3O4S/c1-4-6-14-26-22(31)20-25-13-12-24(3,33-25)18(21(30)27-16-10-8-7-9-11-16)19(25)23(32)28(20)17(5-2)15-29/h7-11,17-20,29H,4-6,12-15H2,1-3H3,(H,26,31)(H,27,30)/t17-,18+,19-,20?,24-,25?/m0/s1. The van der Waals surface area contributed by atoms with Crippen molar-refractivity contribution in [2.75, 3.05) is 18.5 Å². The Kier molecular flexibility index (Phi) is 6.78. The summed E-state index contributed by atoms with van der Waals surface area (Å²) in [6.07, 6.45) is 3.87.